The molecule has 3 rings (SSSR count). The normalized spacial score (nSPS) is 12.6. The quantitative estimate of drug-likeness (QED) is 0.734. The van der Waals surface area contributed by atoms with Crippen molar-refractivity contribution < 1.29 is 4.79 Å². The molecule has 0 saturated heterocycles. The lowest BCUT2D eigenvalue weighted by molar-refractivity contribution is 0.0947. The van der Waals surface area contributed by atoms with Crippen molar-refractivity contribution in [2.45, 2.75) is 34.1 Å². The zero-order valence-electron chi connectivity index (χ0n) is 11.6. The van der Waals surface area contributed by atoms with Crippen LogP contribution < -0.4 is 5.32 Å². The molecule has 2 aromatic rings. The Bertz CT molecular complexity index is 514. The number of nitrogens with one attached hydrogen (secondary N) is 2. The van der Waals surface area contributed by atoms with E-state index in [2.05, 4.69) is 10.3 Å². The van der Waals surface area contributed by atoms with E-state index in [9.17, 15) is 4.79 Å². The van der Waals surface area contributed by atoms with E-state index in [1.54, 1.807) is 0 Å². The fourth-order valence-electron chi connectivity index (χ4n) is 2.03. The van der Waals surface area contributed by atoms with E-state index in [1.165, 1.54) is 0 Å². The molecule has 1 amide bonds. The summed E-state index contributed by atoms with van der Waals surface area (Å²) in [7, 11) is 0. The number of carbonyl (C=O) groups excluding carboxylic acids is 1. The number of fused-ring (bicyclic) bond motifs is 3. The van der Waals surface area contributed by atoms with Crippen molar-refractivity contribution in [3.05, 3.63) is 35.5 Å². The minimum Gasteiger partial charge on any atom is -0.358 e. The molecular formula is C15H22N2O. The number of hydrogen-bond donors (Lipinski definition) is 2. The molecule has 1 aliphatic rings. The predicted molar refractivity (Wildman–Crippen MR) is 77.0 cm³/mol. The van der Waals surface area contributed by atoms with Gasteiger partial charge in [0.25, 0.3) is 5.91 Å². The lowest BCUT2D eigenvalue weighted by atomic mass is 10.1. The van der Waals surface area contributed by atoms with Crippen LogP contribution in [0.5, 0.6) is 0 Å². The summed E-state index contributed by atoms with van der Waals surface area (Å²) in [5.41, 5.74) is 2.94. The Labute approximate surface area is 109 Å². The summed E-state index contributed by atoms with van der Waals surface area (Å²) in [6.45, 7) is 8.73. The third-order valence-electron chi connectivity index (χ3n) is 2.67. The zero-order chi connectivity index (χ0) is 13.5. The van der Waals surface area contributed by atoms with Gasteiger partial charge < -0.3 is 10.3 Å². The fraction of sp³-hybridized carbons (Fsp3) is 0.400. The third kappa shape index (κ3) is 2.55. The van der Waals surface area contributed by atoms with Crippen LogP contribution in [-0.2, 0) is 6.42 Å². The van der Waals surface area contributed by atoms with Crippen LogP contribution in [0.4, 0.5) is 0 Å². The van der Waals surface area contributed by atoms with E-state index in [0.29, 0.717) is 0 Å². The molecule has 98 valence electrons. The van der Waals surface area contributed by atoms with Gasteiger partial charge in [-0.3, -0.25) is 4.79 Å². The van der Waals surface area contributed by atoms with Crippen LogP contribution in [-0.4, -0.2) is 17.4 Å². The number of aromatic nitrogens is 1. The Morgan fingerprint density at radius 3 is 2.44 bits per heavy atom. The van der Waals surface area contributed by atoms with Crippen molar-refractivity contribution in [2.75, 3.05) is 6.54 Å². The van der Waals surface area contributed by atoms with Gasteiger partial charge in [0, 0.05) is 29.6 Å². The summed E-state index contributed by atoms with van der Waals surface area (Å²) in [5.74, 6) is 0.0451. The second-order valence-corrected chi connectivity index (χ2v) is 3.53. The van der Waals surface area contributed by atoms with Crippen LogP contribution in [0, 0.1) is 0 Å². The molecule has 0 radical (unpaired) electrons. The van der Waals surface area contributed by atoms with Gasteiger partial charge in [-0.1, -0.05) is 45.9 Å². The molecular weight excluding hydrogens is 224 g/mol. The van der Waals surface area contributed by atoms with Crippen molar-refractivity contribution >= 4 is 16.8 Å². The molecule has 0 bridgehead atoms. The van der Waals surface area contributed by atoms with Crippen LogP contribution in [0.2, 0.25) is 0 Å². The highest BCUT2D eigenvalue weighted by Crippen LogP contribution is 2.24. The average molecular weight is 246 g/mol. The maximum Gasteiger partial charge on any atom is 0.253 e. The largest absolute Gasteiger partial charge is 0.358 e. The molecule has 3 nitrogen and oxygen atoms in total. The van der Waals surface area contributed by atoms with Crippen molar-refractivity contribution in [1.82, 2.24) is 10.3 Å². The number of aromatic amines is 1. The molecule has 0 aliphatic carbocycles. The molecule has 2 N–H and O–H groups in total. The van der Waals surface area contributed by atoms with Crippen LogP contribution >= 0.6 is 0 Å². The van der Waals surface area contributed by atoms with Crippen molar-refractivity contribution in [2.24, 2.45) is 0 Å². The number of rotatable bonds is 0. The van der Waals surface area contributed by atoms with Crippen molar-refractivity contribution in [3.63, 3.8) is 0 Å². The maximum atomic E-state index is 11.6. The van der Waals surface area contributed by atoms with Crippen molar-refractivity contribution in [1.29, 1.82) is 0 Å². The first-order valence-corrected chi connectivity index (χ1v) is 6.74. The number of H-pyrrole nitrogens is 1. The second kappa shape index (κ2) is 6.84. The van der Waals surface area contributed by atoms with E-state index >= 15 is 0 Å². The van der Waals surface area contributed by atoms with E-state index in [4.69, 9.17) is 0 Å². The molecule has 1 aliphatic heterocycles. The SMILES string of the molecule is CC.CC.O=C1NCCc2[nH]c3ccccc3c21. The number of benzene rings is 1. The summed E-state index contributed by atoms with van der Waals surface area (Å²) in [4.78, 5) is 14.9. The second-order valence-electron chi connectivity index (χ2n) is 3.53. The molecule has 0 fully saturated rings. The van der Waals surface area contributed by atoms with E-state index in [0.717, 1.165) is 35.1 Å². The van der Waals surface area contributed by atoms with Gasteiger partial charge >= 0.3 is 0 Å². The van der Waals surface area contributed by atoms with Gasteiger partial charge in [0.15, 0.2) is 0 Å². The van der Waals surface area contributed by atoms with Crippen LogP contribution in [0.25, 0.3) is 10.9 Å². The zero-order valence-corrected chi connectivity index (χ0v) is 11.6. The van der Waals surface area contributed by atoms with E-state index in [1.807, 2.05) is 52.0 Å². The first-order chi connectivity index (χ1) is 8.86. The molecule has 1 aromatic carbocycles. The fourth-order valence-corrected chi connectivity index (χ4v) is 2.03. The number of amides is 1. The molecule has 3 heteroatoms. The lowest BCUT2D eigenvalue weighted by Crippen LogP contribution is -2.31. The summed E-state index contributed by atoms with van der Waals surface area (Å²) < 4.78 is 0. The molecule has 18 heavy (non-hydrogen) atoms. The predicted octanol–water partition coefficient (Wildman–Crippen LogP) is 3.51. The highest BCUT2D eigenvalue weighted by Gasteiger charge is 2.21. The van der Waals surface area contributed by atoms with E-state index < -0.39 is 0 Å². The third-order valence-corrected chi connectivity index (χ3v) is 2.67. The summed E-state index contributed by atoms with van der Waals surface area (Å²) in [6, 6.07) is 7.91. The minimum absolute atomic E-state index is 0.0451. The molecule has 2 heterocycles. The summed E-state index contributed by atoms with van der Waals surface area (Å²) in [5, 5.41) is 3.89. The standard InChI is InChI=1S/C11H10N2O.2C2H6/c14-11-10-7-3-1-2-4-8(7)13-9(10)5-6-12-11;2*1-2/h1-4,13H,5-6H2,(H,12,14);2*1-2H3. The summed E-state index contributed by atoms with van der Waals surface area (Å²) in [6.07, 6.45) is 0.899. The van der Waals surface area contributed by atoms with E-state index in [-0.39, 0.29) is 5.91 Å². The lowest BCUT2D eigenvalue weighted by Gasteiger charge is -2.11. The maximum absolute atomic E-state index is 11.6. The Hall–Kier alpha value is -1.77. The topological polar surface area (TPSA) is 44.9 Å². The molecule has 0 unspecified atom stereocenters. The molecule has 0 spiro atoms. The summed E-state index contributed by atoms with van der Waals surface area (Å²) >= 11 is 0. The highest BCUT2D eigenvalue weighted by molar-refractivity contribution is 6.08. The van der Waals surface area contributed by atoms with Gasteiger partial charge in [-0.25, -0.2) is 0 Å². The highest BCUT2D eigenvalue weighted by atomic mass is 16.1. The van der Waals surface area contributed by atoms with Crippen LogP contribution in [0.15, 0.2) is 24.3 Å². The Balaban J connectivity index is 0.000000371. The van der Waals surface area contributed by atoms with Gasteiger partial charge in [0.05, 0.1) is 5.56 Å². The Kier molecular flexibility index (Phi) is 5.43. The van der Waals surface area contributed by atoms with Gasteiger partial charge in [0.2, 0.25) is 0 Å². The monoisotopic (exact) mass is 246 g/mol. The number of hydrogen-bond acceptors (Lipinski definition) is 1. The Morgan fingerprint density at radius 1 is 1.06 bits per heavy atom. The smallest absolute Gasteiger partial charge is 0.253 e. The first-order valence-electron chi connectivity index (χ1n) is 6.74. The molecule has 1 aromatic heterocycles. The van der Waals surface area contributed by atoms with Crippen LogP contribution in [0.1, 0.15) is 43.7 Å². The van der Waals surface area contributed by atoms with Crippen LogP contribution in [0.3, 0.4) is 0 Å². The minimum atomic E-state index is 0.0451. The van der Waals surface area contributed by atoms with Gasteiger partial charge in [-0.05, 0) is 6.07 Å². The van der Waals surface area contributed by atoms with Gasteiger partial charge in [-0.2, -0.15) is 0 Å². The van der Waals surface area contributed by atoms with Gasteiger partial charge in [0.1, 0.15) is 0 Å². The van der Waals surface area contributed by atoms with Gasteiger partial charge in [-0.15, -0.1) is 0 Å². The molecule has 0 atom stereocenters. The molecule has 0 saturated carbocycles. The Morgan fingerprint density at radius 2 is 1.72 bits per heavy atom. The average Bonchev–Trinajstić information content (AvgIpc) is 2.83. The van der Waals surface area contributed by atoms with Crippen molar-refractivity contribution in [3.8, 4) is 0 Å². The number of para-hydroxylation sites is 1. The number of carbonyl (C=O) groups is 1. The first kappa shape index (κ1) is 14.3.